The molecule has 5 heteroatoms. The van der Waals surface area contributed by atoms with Gasteiger partial charge in [0, 0.05) is 27.7 Å². The molecule has 0 atom stereocenters. The van der Waals surface area contributed by atoms with Crippen molar-refractivity contribution in [2.24, 2.45) is 0 Å². The van der Waals surface area contributed by atoms with Crippen molar-refractivity contribution in [1.29, 1.82) is 0 Å². The van der Waals surface area contributed by atoms with Crippen LogP contribution in [0.5, 0.6) is 0 Å². The molecule has 0 aliphatic carbocycles. The Hall–Kier alpha value is 0.888. The fourth-order valence-electron chi connectivity index (χ4n) is 0.434. The molecule has 0 amide bonds. The van der Waals surface area contributed by atoms with E-state index < -0.39 is 0 Å². The monoisotopic (exact) mass is 375 g/mol. The van der Waals surface area contributed by atoms with E-state index in [0.29, 0.717) is 13.2 Å². The van der Waals surface area contributed by atoms with Gasteiger partial charge in [-0.15, -0.1) is 0 Å². The van der Waals surface area contributed by atoms with E-state index >= 15 is 0 Å². The van der Waals surface area contributed by atoms with E-state index in [1.807, 2.05) is 0 Å². The van der Waals surface area contributed by atoms with Gasteiger partial charge < -0.3 is 9.47 Å². The van der Waals surface area contributed by atoms with Crippen LogP contribution >= 0.6 is 24.8 Å². The van der Waals surface area contributed by atoms with Crippen LogP contribution in [-0.4, -0.2) is 24.2 Å². The summed E-state index contributed by atoms with van der Waals surface area (Å²) in [6, 6.07) is 0. The van der Waals surface area contributed by atoms with Crippen molar-refractivity contribution in [2.75, 3.05) is 19.8 Å². The van der Waals surface area contributed by atoms with Crippen LogP contribution in [0, 0.1) is 0 Å². The number of thiocarbonyl (C=S) groups is 1. The van der Waals surface area contributed by atoms with Crippen LogP contribution in [0.15, 0.2) is 0 Å². The summed E-state index contributed by atoms with van der Waals surface area (Å²) in [5.41, 5.74) is 0. The molecule has 0 radical (unpaired) electrons. The van der Waals surface area contributed by atoms with Crippen LogP contribution in [0.4, 0.5) is 0 Å². The van der Waals surface area contributed by atoms with Crippen LogP contribution in [-0.2, 0) is 30.5 Å². The molecule has 0 rings (SSSR count). The van der Waals surface area contributed by atoms with E-state index in [9.17, 15) is 0 Å². The first kappa shape index (κ1) is 14.4. The first-order valence-corrected chi connectivity index (χ1v) is 4.06. The number of ether oxygens (including phenoxy) is 2. The van der Waals surface area contributed by atoms with Gasteiger partial charge in [-0.25, -0.2) is 0 Å². The predicted octanol–water partition coefficient (Wildman–Crippen LogP) is 1.64. The van der Waals surface area contributed by atoms with Gasteiger partial charge in [0.05, 0.1) is 6.61 Å². The molecule has 0 aromatic rings. The van der Waals surface area contributed by atoms with Crippen LogP contribution in [0.25, 0.3) is 0 Å². The Morgan fingerprint density at radius 1 is 1.36 bits per heavy atom. The first-order valence-electron chi connectivity index (χ1n) is 3.20. The molecule has 0 bridgehead atoms. The van der Waals surface area contributed by atoms with Crippen molar-refractivity contribution in [3.05, 3.63) is 0 Å². The molecular formula is C6H12O2PtS2. The van der Waals surface area contributed by atoms with Gasteiger partial charge in [0.1, 0.15) is 6.61 Å². The van der Waals surface area contributed by atoms with Gasteiger partial charge in [-0.1, -0.05) is 19.6 Å². The van der Waals surface area contributed by atoms with Gasteiger partial charge in [-0.05, 0) is 18.6 Å². The second-order valence-electron chi connectivity index (χ2n) is 1.73. The minimum atomic E-state index is 0. The van der Waals surface area contributed by atoms with E-state index in [1.54, 1.807) is 0 Å². The van der Waals surface area contributed by atoms with Crippen LogP contribution in [0.1, 0.15) is 13.3 Å². The Labute approximate surface area is 92.7 Å². The summed E-state index contributed by atoms with van der Waals surface area (Å²) in [7, 11) is 0. The second kappa shape index (κ2) is 10.9. The molecule has 2 nitrogen and oxygen atoms in total. The van der Waals surface area contributed by atoms with Crippen molar-refractivity contribution >= 4 is 29.2 Å². The Balaban J connectivity index is 0. The molecule has 0 saturated heterocycles. The standard InChI is InChI=1S/C6H12O2S2.Pt/c1-2-3-7-4-5-8-6(9)10;/h2-5H2,1H3,(H,9,10);. The Morgan fingerprint density at radius 2 is 2.00 bits per heavy atom. The zero-order valence-electron chi connectivity index (χ0n) is 6.32. The van der Waals surface area contributed by atoms with Crippen molar-refractivity contribution in [2.45, 2.75) is 13.3 Å². The molecule has 11 heavy (non-hydrogen) atoms. The summed E-state index contributed by atoms with van der Waals surface area (Å²) in [4.78, 5) is 0. The minimum Gasteiger partial charge on any atom is -0.476 e. The van der Waals surface area contributed by atoms with Crippen molar-refractivity contribution in [3.8, 4) is 0 Å². The van der Waals surface area contributed by atoms with Crippen LogP contribution in [0.2, 0.25) is 0 Å². The summed E-state index contributed by atoms with van der Waals surface area (Å²) < 4.78 is 10.3. The van der Waals surface area contributed by atoms with E-state index in [2.05, 4.69) is 31.8 Å². The maximum atomic E-state index is 5.11. The predicted molar refractivity (Wildman–Crippen MR) is 48.6 cm³/mol. The molecule has 0 spiro atoms. The molecule has 70 valence electrons. The molecule has 0 aromatic heterocycles. The average Bonchev–Trinajstić information content (AvgIpc) is 1.87. The number of thiol groups is 1. The fraction of sp³-hybridized carbons (Fsp3) is 0.833. The van der Waals surface area contributed by atoms with Gasteiger partial charge in [-0.3, -0.25) is 0 Å². The molecule has 0 unspecified atom stereocenters. The van der Waals surface area contributed by atoms with Gasteiger partial charge in [0.15, 0.2) is 0 Å². The zero-order chi connectivity index (χ0) is 7.82. The molecule has 0 heterocycles. The largest absolute Gasteiger partial charge is 0.476 e. The van der Waals surface area contributed by atoms with E-state index in [0.717, 1.165) is 13.0 Å². The maximum Gasteiger partial charge on any atom is 0.216 e. The van der Waals surface area contributed by atoms with E-state index in [-0.39, 0.29) is 25.4 Å². The summed E-state index contributed by atoms with van der Waals surface area (Å²) in [6.07, 6.45) is 1.03. The minimum absolute atomic E-state index is 0. The molecule has 0 N–H and O–H groups in total. The van der Waals surface area contributed by atoms with Gasteiger partial charge in [0.2, 0.25) is 4.38 Å². The zero-order valence-corrected chi connectivity index (χ0v) is 10.3. The van der Waals surface area contributed by atoms with Crippen LogP contribution in [0.3, 0.4) is 0 Å². The third kappa shape index (κ3) is 13.8. The third-order valence-corrected chi connectivity index (χ3v) is 1.05. The molecule has 0 saturated carbocycles. The summed E-state index contributed by atoms with van der Waals surface area (Å²) in [6.45, 7) is 3.93. The quantitative estimate of drug-likeness (QED) is 0.448. The smallest absolute Gasteiger partial charge is 0.216 e. The van der Waals surface area contributed by atoms with E-state index in [4.69, 9.17) is 9.47 Å². The Morgan fingerprint density at radius 3 is 2.45 bits per heavy atom. The van der Waals surface area contributed by atoms with E-state index in [1.165, 1.54) is 0 Å². The van der Waals surface area contributed by atoms with Crippen molar-refractivity contribution in [1.82, 2.24) is 0 Å². The summed E-state index contributed by atoms with van der Waals surface area (Å²) >= 11 is 8.34. The SMILES string of the molecule is CCCOCCOC(=S)S.[Pt]. The van der Waals surface area contributed by atoms with Crippen molar-refractivity contribution < 1.29 is 30.5 Å². The Kier molecular flexibility index (Phi) is 14.3. The normalized spacial score (nSPS) is 8.55. The topological polar surface area (TPSA) is 18.5 Å². The number of hydrogen-bond donors (Lipinski definition) is 1. The first-order chi connectivity index (χ1) is 4.77. The molecule has 0 aliphatic heterocycles. The molecule has 0 fully saturated rings. The van der Waals surface area contributed by atoms with Gasteiger partial charge >= 0.3 is 0 Å². The van der Waals surface area contributed by atoms with Crippen LogP contribution < -0.4 is 0 Å². The Bertz CT molecular complexity index is 101. The third-order valence-electron chi connectivity index (χ3n) is 0.802. The fourth-order valence-corrected chi connectivity index (χ4v) is 0.609. The van der Waals surface area contributed by atoms with Crippen molar-refractivity contribution in [3.63, 3.8) is 0 Å². The second-order valence-corrected chi connectivity index (χ2v) is 2.81. The molecule has 0 aliphatic rings. The number of rotatable bonds is 5. The number of hydrogen-bond acceptors (Lipinski definition) is 3. The summed E-state index contributed by atoms with van der Waals surface area (Å²) in [5.74, 6) is 0. The van der Waals surface area contributed by atoms with Gasteiger partial charge in [-0.2, -0.15) is 0 Å². The molecule has 0 aromatic carbocycles. The molecular weight excluding hydrogens is 363 g/mol. The van der Waals surface area contributed by atoms with Gasteiger partial charge in [0.25, 0.3) is 0 Å². The maximum absolute atomic E-state index is 5.11. The summed E-state index contributed by atoms with van der Waals surface area (Å²) in [5, 5.41) is 0. The average molecular weight is 375 g/mol.